The highest BCUT2D eigenvalue weighted by molar-refractivity contribution is 5.76. The Labute approximate surface area is 103 Å². The molecule has 0 radical (unpaired) electrons. The molecule has 1 amide bonds. The maximum Gasteiger partial charge on any atom is 0.221 e. The van der Waals surface area contributed by atoms with E-state index in [-0.39, 0.29) is 5.91 Å². The molecule has 3 atom stereocenters. The van der Waals surface area contributed by atoms with Crippen molar-refractivity contribution in [1.29, 1.82) is 0 Å². The SMILES string of the molecule is CCC1OCCC1CNC1CCCNC(=O)C1. The van der Waals surface area contributed by atoms with Crippen molar-refractivity contribution in [3.63, 3.8) is 0 Å². The first-order chi connectivity index (χ1) is 8.29. The van der Waals surface area contributed by atoms with Crippen LogP contribution in [0, 0.1) is 5.92 Å². The summed E-state index contributed by atoms with van der Waals surface area (Å²) in [5.41, 5.74) is 0. The largest absolute Gasteiger partial charge is 0.378 e. The average molecular weight is 240 g/mol. The molecule has 3 unspecified atom stereocenters. The maximum absolute atomic E-state index is 11.4. The van der Waals surface area contributed by atoms with E-state index in [2.05, 4.69) is 17.6 Å². The van der Waals surface area contributed by atoms with E-state index >= 15 is 0 Å². The van der Waals surface area contributed by atoms with Crippen LogP contribution in [0.25, 0.3) is 0 Å². The van der Waals surface area contributed by atoms with Crippen LogP contribution >= 0.6 is 0 Å². The molecule has 2 fully saturated rings. The summed E-state index contributed by atoms with van der Waals surface area (Å²) in [5, 5.41) is 6.48. The molecule has 2 N–H and O–H groups in total. The molecule has 2 heterocycles. The highest BCUT2D eigenvalue weighted by atomic mass is 16.5. The molecule has 17 heavy (non-hydrogen) atoms. The molecule has 0 bridgehead atoms. The highest BCUT2D eigenvalue weighted by Crippen LogP contribution is 2.23. The Morgan fingerprint density at radius 2 is 2.35 bits per heavy atom. The molecular formula is C13H24N2O2. The van der Waals surface area contributed by atoms with Gasteiger partial charge in [-0.15, -0.1) is 0 Å². The molecule has 2 saturated heterocycles. The van der Waals surface area contributed by atoms with E-state index < -0.39 is 0 Å². The van der Waals surface area contributed by atoms with Crippen molar-refractivity contribution in [1.82, 2.24) is 10.6 Å². The third kappa shape index (κ3) is 3.68. The van der Waals surface area contributed by atoms with Gasteiger partial charge in [-0.2, -0.15) is 0 Å². The summed E-state index contributed by atoms with van der Waals surface area (Å²) in [7, 11) is 0. The highest BCUT2D eigenvalue weighted by Gasteiger charge is 2.27. The minimum atomic E-state index is 0.190. The van der Waals surface area contributed by atoms with Crippen LogP contribution in [-0.2, 0) is 9.53 Å². The number of hydrogen-bond donors (Lipinski definition) is 2. The lowest BCUT2D eigenvalue weighted by Crippen LogP contribution is -2.37. The summed E-state index contributed by atoms with van der Waals surface area (Å²) in [6.45, 7) is 4.91. The second-order valence-electron chi connectivity index (χ2n) is 5.17. The Kier molecular flexibility index (Phi) is 4.80. The predicted molar refractivity (Wildman–Crippen MR) is 66.8 cm³/mol. The van der Waals surface area contributed by atoms with Gasteiger partial charge in [-0.25, -0.2) is 0 Å². The van der Waals surface area contributed by atoms with Crippen molar-refractivity contribution in [2.24, 2.45) is 5.92 Å². The molecule has 0 saturated carbocycles. The van der Waals surface area contributed by atoms with Gasteiger partial charge in [-0.05, 0) is 31.6 Å². The molecule has 0 spiro atoms. The van der Waals surface area contributed by atoms with Gasteiger partial charge in [0.15, 0.2) is 0 Å². The lowest BCUT2D eigenvalue weighted by molar-refractivity contribution is -0.121. The lowest BCUT2D eigenvalue weighted by atomic mass is 9.98. The second kappa shape index (κ2) is 6.36. The number of nitrogens with one attached hydrogen (secondary N) is 2. The fourth-order valence-corrected chi connectivity index (χ4v) is 2.84. The van der Waals surface area contributed by atoms with Gasteiger partial charge in [0.25, 0.3) is 0 Å². The first-order valence-corrected chi connectivity index (χ1v) is 6.91. The second-order valence-corrected chi connectivity index (χ2v) is 5.17. The van der Waals surface area contributed by atoms with E-state index in [0.29, 0.717) is 24.5 Å². The molecule has 0 aromatic carbocycles. The molecule has 0 aliphatic carbocycles. The van der Waals surface area contributed by atoms with E-state index in [1.54, 1.807) is 0 Å². The van der Waals surface area contributed by atoms with Crippen molar-refractivity contribution < 1.29 is 9.53 Å². The van der Waals surface area contributed by atoms with Crippen molar-refractivity contribution in [3.05, 3.63) is 0 Å². The number of carbonyl (C=O) groups excluding carboxylic acids is 1. The molecular weight excluding hydrogens is 216 g/mol. The van der Waals surface area contributed by atoms with Gasteiger partial charge in [-0.1, -0.05) is 6.92 Å². The standard InChI is InChI=1S/C13H24N2O2/c1-2-12-10(5-7-17-12)9-15-11-4-3-6-14-13(16)8-11/h10-12,15H,2-9H2,1H3,(H,14,16). The average Bonchev–Trinajstić information content (AvgIpc) is 2.68. The number of ether oxygens (including phenoxy) is 1. The maximum atomic E-state index is 11.4. The van der Waals surface area contributed by atoms with E-state index in [1.807, 2.05) is 0 Å². The number of amides is 1. The zero-order chi connectivity index (χ0) is 12.1. The monoisotopic (exact) mass is 240 g/mol. The minimum absolute atomic E-state index is 0.190. The normalized spacial score (nSPS) is 34.4. The topological polar surface area (TPSA) is 50.4 Å². The van der Waals surface area contributed by atoms with E-state index in [1.165, 1.54) is 0 Å². The van der Waals surface area contributed by atoms with Gasteiger partial charge < -0.3 is 15.4 Å². The number of rotatable bonds is 4. The quantitative estimate of drug-likeness (QED) is 0.772. The molecule has 2 rings (SSSR count). The zero-order valence-electron chi connectivity index (χ0n) is 10.7. The van der Waals surface area contributed by atoms with Crippen LogP contribution in [-0.4, -0.2) is 37.7 Å². The van der Waals surface area contributed by atoms with Crippen molar-refractivity contribution in [2.75, 3.05) is 19.7 Å². The van der Waals surface area contributed by atoms with Gasteiger partial charge in [0.1, 0.15) is 0 Å². The van der Waals surface area contributed by atoms with Gasteiger partial charge in [0.2, 0.25) is 5.91 Å². The third-order valence-corrected chi connectivity index (χ3v) is 3.90. The summed E-state index contributed by atoms with van der Waals surface area (Å²) in [6.07, 6.45) is 5.49. The third-order valence-electron chi connectivity index (χ3n) is 3.90. The molecule has 2 aliphatic rings. The Bertz CT molecular complexity index is 258. The van der Waals surface area contributed by atoms with Crippen LogP contribution in [0.1, 0.15) is 39.0 Å². The first-order valence-electron chi connectivity index (χ1n) is 6.91. The summed E-state index contributed by atoms with van der Waals surface area (Å²) in [4.78, 5) is 11.4. The van der Waals surface area contributed by atoms with Crippen molar-refractivity contribution in [3.8, 4) is 0 Å². The fourth-order valence-electron chi connectivity index (χ4n) is 2.84. The first kappa shape index (κ1) is 12.8. The van der Waals surface area contributed by atoms with E-state index in [9.17, 15) is 4.79 Å². The lowest BCUT2D eigenvalue weighted by Gasteiger charge is -2.21. The smallest absolute Gasteiger partial charge is 0.221 e. The van der Waals surface area contributed by atoms with Crippen LogP contribution in [0.15, 0.2) is 0 Å². The molecule has 2 aliphatic heterocycles. The molecule has 4 heteroatoms. The van der Waals surface area contributed by atoms with Crippen molar-refractivity contribution >= 4 is 5.91 Å². The van der Waals surface area contributed by atoms with E-state index in [4.69, 9.17) is 4.74 Å². The Balaban J connectivity index is 1.74. The Morgan fingerprint density at radius 1 is 1.47 bits per heavy atom. The molecule has 98 valence electrons. The van der Waals surface area contributed by atoms with Crippen LogP contribution in [0.5, 0.6) is 0 Å². The molecule has 4 nitrogen and oxygen atoms in total. The summed E-state index contributed by atoms with van der Waals surface area (Å²) < 4.78 is 5.68. The predicted octanol–water partition coefficient (Wildman–Crippen LogP) is 1.06. The Hall–Kier alpha value is -0.610. The van der Waals surface area contributed by atoms with Gasteiger partial charge in [-0.3, -0.25) is 4.79 Å². The van der Waals surface area contributed by atoms with Gasteiger partial charge in [0, 0.05) is 32.2 Å². The molecule has 0 aromatic heterocycles. The Morgan fingerprint density at radius 3 is 3.18 bits per heavy atom. The summed E-state index contributed by atoms with van der Waals surface area (Å²) >= 11 is 0. The van der Waals surface area contributed by atoms with E-state index in [0.717, 1.165) is 45.4 Å². The molecule has 0 aromatic rings. The number of hydrogen-bond acceptors (Lipinski definition) is 3. The van der Waals surface area contributed by atoms with Crippen LogP contribution in [0.4, 0.5) is 0 Å². The van der Waals surface area contributed by atoms with Crippen molar-refractivity contribution in [2.45, 2.75) is 51.2 Å². The van der Waals surface area contributed by atoms with Crippen LogP contribution < -0.4 is 10.6 Å². The van der Waals surface area contributed by atoms with Crippen LogP contribution in [0.3, 0.4) is 0 Å². The van der Waals surface area contributed by atoms with Gasteiger partial charge in [0.05, 0.1) is 6.10 Å². The summed E-state index contributed by atoms with van der Waals surface area (Å²) in [5.74, 6) is 0.820. The summed E-state index contributed by atoms with van der Waals surface area (Å²) in [6, 6.07) is 0.357. The number of carbonyl (C=O) groups is 1. The minimum Gasteiger partial charge on any atom is -0.378 e. The van der Waals surface area contributed by atoms with Gasteiger partial charge >= 0.3 is 0 Å². The fraction of sp³-hybridized carbons (Fsp3) is 0.923. The zero-order valence-corrected chi connectivity index (χ0v) is 10.7. The van der Waals surface area contributed by atoms with Crippen LogP contribution in [0.2, 0.25) is 0 Å².